The van der Waals surface area contributed by atoms with Gasteiger partial charge in [0.15, 0.2) is 0 Å². The highest BCUT2D eigenvalue weighted by Gasteiger charge is 2.44. The molecule has 1 aliphatic heterocycles. The van der Waals surface area contributed by atoms with Crippen molar-refractivity contribution >= 4 is 35.4 Å². The fourth-order valence-corrected chi connectivity index (χ4v) is 4.07. The van der Waals surface area contributed by atoms with Gasteiger partial charge < -0.3 is 14.8 Å². The lowest BCUT2D eigenvalue weighted by atomic mass is 10.1. The Kier molecular flexibility index (Phi) is 7.20. The van der Waals surface area contributed by atoms with Crippen LogP contribution in [-0.2, 0) is 14.3 Å². The van der Waals surface area contributed by atoms with Gasteiger partial charge >= 0.3 is 6.09 Å². The first-order chi connectivity index (χ1) is 12.2. The number of nitrogens with zero attached hydrogens (tertiary/aromatic N) is 1. The summed E-state index contributed by atoms with van der Waals surface area (Å²) >= 11 is 7.50. The molecule has 2 rings (SSSR count). The molecule has 0 aromatic heterocycles. The number of amides is 2. The Bertz CT molecular complexity index is 633. The van der Waals surface area contributed by atoms with Crippen molar-refractivity contribution in [3.05, 3.63) is 34.9 Å². The summed E-state index contributed by atoms with van der Waals surface area (Å²) < 4.78 is 10.5. The molecule has 0 saturated carbocycles. The number of thioether (sulfide) groups is 1. The van der Waals surface area contributed by atoms with Gasteiger partial charge in [-0.25, -0.2) is 4.79 Å². The number of methoxy groups -OCH3 is 1. The van der Waals surface area contributed by atoms with E-state index in [0.717, 1.165) is 5.56 Å². The van der Waals surface area contributed by atoms with Crippen LogP contribution in [0.15, 0.2) is 24.3 Å². The van der Waals surface area contributed by atoms with Gasteiger partial charge in [-0.3, -0.25) is 9.69 Å². The number of benzene rings is 1. The standard InChI is InChI=1S/C18H25ClN2O4S/c1-18(2,3)25-17(23)21-14(15(22)20-9-10-24-4)11-26-16(21)12-5-7-13(19)8-6-12/h5-8,14,16H,9-11H2,1-4H3,(H,20,22)/t14-,16-/m0/s1. The van der Waals surface area contributed by atoms with E-state index in [2.05, 4.69) is 5.32 Å². The minimum Gasteiger partial charge on any atom is -0.444 e. The summed E-state index contributed by atoms with van der Waals surface area (Å²) in [5.74, 6) is 0.280. The van der Waals surface area contributed by atoms with E-state index in [0.29, 0.717) is 23.9 Å². The zero-order valence-electron chi connectivity index (χ0n) is 15.5. The van der Waals surface area contributed by atoms with E-state index in [4.69, 9.17) is 21.1 Å². The number of hydrogen-bond donors (Lipinski definition) is 1. The first-order valence-corrected chi connectivity index (χ1v) is 9.80. The summed E-state index contributed by atoms with van der Waals surface area (Å²) in [6, 6.07) is 6.67. The molecule has 144 valence electrons. The van der Waals surface area contributed by atoms with Crippen LogP contribution in [0.4, 0.5) is 4.79 Å². The van der Waals surface area contributed by atoms with Crippen molar-refractivity contribution in [1.82, 2.24) is 10.2 Å². The number of ether oxygens (including phenoxy) is 2. The summed E-state index contributed by atoms with van der Waals surface area (Å²) in [6.07, 6.45) is -0.505. The summed E-state index contributed by atoms with van der Waals surface area (Å²) in [4.78, 5) is 26.9. The molecule has 1 aliphatic rings. The molecule has 0 unspecified atom stereocenters. The molecule has 0 spiro atoms. The Hall–Kier alpha value is -1.44. The lowest BCUT2D eigenvalue weighted by Crippen LogP contribution is -2.49. The van der Waals surface area contributed by atoms with Crippen LogP contribution in [0.3, 0.4) is 0 Å². The van der Waals surface area contributed by atoms with Gasteiger partial charge in [0.2, 0.25) is 5.91 Å². The van der Waals surface area contributed by atoms with Crippen molar-refractivity contribution in [3.63, 3.8) is 0 Å². The first kappa shape index (κ1) is 20.9. The molecule has 0 radical (unpaired) electrons. The van der Waals surface area contributed by atoms with Gasteiger partial charge in [-0.15, -0.1) is 11.8 Å². The molecule has 1 fully saturated rings. The van der Waals surface area contributed by atoms with Gasteiger partial charge in [-0.2, -0.15) is 0 Å². The number of nitrogens with one attached hydrogen (secondary N) is 1. The third-order valence-electron chi connectivity index (χ3n) is 3.67. The van der Waals surface area contributed by atoms with Crippen molar-refractivity contribution in [2.45, 2.75) is 37.8 Å². The fourth-order valence-electron chi connectivity index (χ4n) is 2.52. The maximum atomic E-state index is 12.8. The molecule has 1 heterocycles. The zero-order chi connectivity index (χ0) is 19.3. The van der Waals surface area contributed by atoms with E-state index in [1.54, 1.807) is 40.0 Å². The van der Waals surface area contributed by atoms with E-state index >= 15 is 0 Å². The molecular weight excluding hydrogens is 376 g/mol. The largest absolute Gasteiger partial charge is 0.444 e. The van der Waals surface area contributed by atoms with Crippen molar-refractivity contribution in [2.75, 3.05) is 26.0 Å². The summed E-state index contributed by atoms with van der Waals surface area (Å²) in [5, 5.41) is 3.12. The molecule has 2 amide bonds. The Balaban J connectivity index is 2.23. The molecule has 0 aliphatic carbocycles. The van der Waals surface area contributed by atoms with Gasteiger partial charge in [0.1, 0.15) is 17.0 Å². The molecule has 6 nitrogen and oxygen atoms in total. The third kappa shape index (κ3) is 5.53. The average molecular weight is 401 g/mol. The average Bonchev–Trinajstić information content (AvgIpc) is 2.99. The van der Waals surface area contributed by atoms with Gasteiger partial charge in [0, 0.05) is 24.4 Å². The Morgan fingerprint density at radius 1 is 1.31 bits per heavy atom. The van der Waals surface area contributed by atoms with E-state index in [1.807, 2.05) is 12.1 Å². The minimum absolute atomic E-state index is 0.211. The van der Waals surface area contributed by atoms with Crippen LogP contribution < -0.4 is 5.32 Å². The van der Waals surface area contributed by atoms with Crippen LogP contribution in [-0.4, -0.2) is 54.6 Å². The van der Waals surface area contributed by atoms with E-state index in [9.17, 15) is 9.59 Å². The number of hydrogen-bond acceptors (Lipinski definition) is 5. The van der Waals surface area contributed by atoms with E-state index in [1.165, 1.54) is 16.7 Å². The molecule has 2 atom stereocenters. The quantitative estimate of drug-likeness (QED) is 0.766. The highest BCUT2D eigenvalue weighted by molar-refractivity contribution is 7.99. The lowest BCUT2D eigenvalue weighted by molar-refractivity contribution is -0.125. The second kappa shape index (κ2) is 8.97. The summed E-state index contributed by atoms with van der Waals surface area (Å²) in [5.41, 5.74) is 0.254. The van der Waals surface area contributed by atoms with Crippen LogP contribution in [0.1, 0.15) is 31.7 Å². The zero-order valence-corrected chi connectivity index (χ0v) is 17.0. The molecule has 0 bridgehead atoms. The van der Waals surface area contributed by atoms with Crippen molar-refractivity contribution in [2.24, 2.45) is 0 Å². The second-order valence-corrected chi connectivity index (χ2v) is 8.47. The maximum Gasteiger partial charge on any atom is 0.412 e. The lowest BCUT2D eigenvalue weighted by Gasteiger charge is -2.31. The predicted molar refractivity (Wildman–Crippen MR) is 103 cm³/mol. The minimum atomic E-state index is -0.647. The van der Waals surface area contributed by atoms with E-state index in [-0.39, 0.29) is 11.3 Å². The maximum absolute atomic E-state index is 12.8. The number of carbonyl (C=O) groups excluding carboxylic acids is 2. The number of rotatable bonds is 5. The molecule has 1 aromatic rings. The molecule has 1 saturated heterocycles. The predicted octanol–water partition coefficient (Wildman–Crippen LogP) is 3.45. The topological polar surface area (TPSA) is 67.9 Å². The van der Waals surface area contributed by atoms with Crippen LogP contribution in [0.5, 0.6) is 0 Å². The van der Waals surface area contributed by atoms with Crippen LogP contribution in [0, 0.1) is 0 Å². The molecule has 1 N–H and O–H groups in total. The normalized spacial score (nSPS) is 20.1. The summed E-state index contributed by atoms with van der Waals surface area (Å²) in [7, 11) is 1.57. The van der Waals surface area contributed by atoms with Crippen LogP contribution in [0.2, 0.25) is 5.02 Å². The Morgan fingerprint density at radius 2 is 1.96 bits per heavy atom. The number of halogens is 1. The van der Waals surface area contributed by atoms with Gasteiger partial charge in [-0.05, 0) is 38.5 Å². The molecule has 1 aromatic carbocycles. The summed E-state index contributed by atoms with van der Waals surface area (Å²) in [6.45, 7) is 6.22. The first-order valence-electron chi connectivity index (χ1n) is 8.38. The monoisotopic (exact) mass is 400 g/mol. The fraction of sp³-hybridized carbons (Fsp3) is 0.556. The van der Waals surface area contributed by atoms with Crippen molar-refractivity contribution < 1.29 is 19.1 Å². The van der Waals surface area contributed by atoms with Gasteiger partial charge in [0.05, 0.1) is 6.61 Å². The second-order valence-electron chi connectivity index (χ2n) is 6.92. The number of carbonyl (C=O) groups is 2. The SMILES string of the molecule is COCCNC(=O)[C@@H]1CS[C@@H](c2ccc(Cl)cc2)N1C(=O)OC(C)(C)C. The Morgan fingerprint density at radius 3 is 2.54 bits per heavy atom. The van der Waals surface area contributed by atoms with Crippen molar-refractivity contribution in [3.8, 4) is 0 Å². The van der Waals surface area contributed by atoms with Crippen LogP contribution >= 0.6 is 23.4 Å². The van der Waals surface area contributed by atoms with Crippen LogP contribution in [0.25, 0.3) is 0 Å². The third-order valence-corrected chi connectivity index (χ3v) is 5.24. The molecule has 26 heavy (non-hydrogen) atoms. The molecule has 8 heteroatoms. The van der Waals surface area contributed by atoms with Gasteiger partial charge in [0.25, 0.3) is 0 Å². The Labute approximate surface area is 163 Å². The smallest absolute Gasteiger partial charge is 0.412 e. The molecular formula is C18H25ClN2O4S. The van der Waals surface area contributed by atoms with E-state index < -0.39 is 17.7 Å². The highest BCUT2D eigenvalue weighted by atomic mass is 35.5. The van der Waals surface area contributed by atoms with Crippen molar-refractivity contribution in [1.29, 1.82) is 0 Å². The highest BCUT2D eigenvalue weighted by Crippen LogP contribution is 2.42. The van der Waals surface area contributed by atoms with Gasteiger partial charge in [-0.1, -0.05) is 23.7 Å².